The molecule has 2 aromatic rings. The lowest BCUT2D eigenvalue weighted by molar-refractivity contribution is 0.285. The Hall–Kier alpha value is -0.280. The molecule has 1 nitrogen and oxygen atoms in total. The van der Waals surface area contributed by atoms with Crippen molar-refractivity contribution in [2.75, 3.05) is 0 Å². The van der Waals surface area contributed by atoms with Crippen LogP contribution in [-0.4, -0.2) is 5.11 Å². The van der Waals surface area contributed by atoms with E-state index in [9.17, 15) is 0 Å². The first-order valence-corrected chi connectivity index (χ1v) is 5.27. The van der Waals surface area contributed by atoms with Crippen molar-refractivity contribution >= 4 is 44.6 Å². The molecule has 0 radical (unpaired) electrons. The molecule has 0 amide bonds. The number of hydrogen-bond donors (Lipinski definition) is 1. The van der Waals surface area contributed by atoms with Gasteiger partial charge in [0.2, 0.25) is 0 Å². The largest absolute Gasteiger partial charge is 0.391 e. The van der Waals surface area contributed by atoms with Crippen molar-refractivity contribution in [3.05, 3.63) is 33.1 Å². The maximum absolute atomic E-state index is 8.93. The second-order valence-corrected chi connectivity index (χ2v) is 4.60. The van der Waals surface area contributed by atoms with Crippen molar-refractivity contribution in [1.82, 2.24) is 0 Å². The Kier molecular flexibility index (Phi) is 2.47. The normalized spacial score (nSPS) is 11.0. The highest BCUT2D eigenvalue weighted by Gasteiger charge is 2.07. The van der Waals surface area contributed by atoms with Gasteiger partial charge >= 0.3 is 0 Å². The van der Waals surface area contributed by atoms with E-state index in [1.54, 1.807) is 6.07 Å². The minimum atomic E-state index is 0.0489. The van der Waals surface area contributed by atoms with Crippen molar-refractivity contribution in [2.24, 2.45) is 0 Å². The van der Waals surface area contributed by atoms with Crippen LogP contribution in [0.25, 0.3) is 10.1 Å². The summed E-state index contributed by atoms with van der Waals surface area (Å²) >= 11 is 13.4. The first-order valence-electron chi connectivity index (χ1n) is 3.69. The number of thiophene rings is 1. The lowest BCUT2D eigenvalue weighted by Gasteiger charge is -1.95. The van der Waals surface area contributed by atoms with Crippen LogP contribution in [0.4, 0.5) is 0 Å². The molecule has 1 heterocycles. The zero-order chi connectivity index (χ0) is 9.42. The summed E-state index contributed by atoms with van der Waals surface area (Å²) in [6.07, 6.45) is 0. The fourth-order valence-electron chi connectivity index (χ4n) is 1.18. The van der Waals surface area contributed by atoms with E-state index in [1.807, 2.05) is 12.1 Å². The molecule has 0 aliphatic heterocycles. The van der Waals surface area contributed by atoms with Crippen LogP contribution in [0.5, 0.6) is 0 Å². The molecular weight excluding hydrogens is 227 g/mol. The fourth-order valence-corrected chi connectivity index (χ4v) is 2.55. The molecule has 0 atom stereocenters. The first kappa shape index (κ1) is 9.28. The number of halogens is 2. The first-order chi connectivity index (χ1) is 6.22. The molecule has 0 saturated carbocycles. The van der Waals surface area contributed by atoms with Crippen molar-refractivity contribution in [3.63, 3.8) is 0 Å². The predicted octanol–water partition coefficient (Wildman–Crippen LogP) is 3.70. The van der Waals surface area contributed by atoms with E-state index in [0.717, 1.165) is 15.0 Å². The molecule has 0 spiro atoms. The Bertz CT molecular complexity index is 450. The molecule has 0 fully saturated rings. The molecule has 0 aliphatic carbocycles. The number of benzene rings is 1. The number of rotatable bonds is 1. The van der Waals surface area contributed by atoms with Gasteiger partial charge in [-0.1, -0.05) is 23.2 Å². The average Bonchev–Trinajstić information content (AvgIpc) is 2.55. The van der Waals surface area contributed by atoms with Crippen LogP contribution in [0.2, 0.25) is 10.0 Å². The minimum absolute atomic E-state index is 0.0489. The van der Waals surface area contributed by atoms with Gasteiger partial charge in [0.15, 0.2) is 0 Å². The smallest absolute Gasteiger partial charge is 0.0774 e. The number of aliphatic hydroxyl groups is 1. The highest BCUT2D eigenvalue weighted by atomic mass is 35.5. The lowest BCUT2D eigenvalue weighted by Crippen LogP contribution is -1.71. The molecule has 0 bridgehead atoms. The van der Waals surface area contributed by atoms with Gasteiger partial charge in [0.1, 0.15) is 0 Å². The monoisotopic (exact) mass is 232 g/mol. The van der Waals surface area contributed by atoms with Gasteiger partial charge in [0.05, 0.1) is 16.7 Å². The minimum Gasteiger partial charge on any atom is -0.391 e. The van der Waals surface area contributed by atoms with E-state index in [0.29, 0.717) is 10.0 Å². The van der Waals surface area contributed by atoms with Crippen LogP contribution in [-0.2, 0) is 6.61 Å². The predicted molar refractivity (Wildman–Crippen MR) is 57.8 cm³/mol. The number of hydrogen-bond acceptors (Lipinski definition) is 2. The van der Waals surface area contributed by atoms with E-state index in [4.69, 9.17) is 28.3 Å². The molecule has 68 valence electrons. The van der Waals surface area contributed by atoms with Crippen molar-refractivity contribution in [2.45, 2.75) is 6.61 Å². The third-order valence-electron chi connectivity index (χ3n) is 1.79. The molecule has 13 heavy (non-hydrogen) atoms. The average molecular weight is 233 g/mol. The zero-order valence-electron chi connectivity index (χ0n) is 6.55. The molecule has 1 N–H and O–H groups in total. The second-order valence-electron chi connectivity index (χ2n) is 2.64. The van der Waals surface area contributed by atoms with Gasteiger partial charge in [-0.25, -0.2) is 0 Å². The van der Waals surface area contributed by atoms with Crippen LogP contribution in [0.3, 0.4) is 0 Å². The molecule has 0 unspecified atom stereocenters. The molecule has 2 rings (SSSR count). The summed E-state index contributed by atoms with van der Waals surface area (Å²) < 4.78 is 1.05. The maximum Gasteiger partial charge on any atom is 0.0774 e. The highest BCUT2D eigenvalue weighted by Crippen LogP contribution is 2.35. The molecular formula is C9H6Cl2OS. The van der Waals surface area contributed by atoms with E-state index in [-0.39, 0.29) is 6.61 Å². The van der Waals surface area contributed by atoms with Gasteiger partial charge in [0, 0.05) is 15.0 Å². The third-order valence-corrected chi connectivity index (χ3v) is 3.70. The summed E-state index contributed by atoms with van der Waals surface area (Å²) in [7, 11) is 0. The van der Waals surface area contributed by atoms with Crippen LogP contribution >= 0.6 is 34.5 Å². The third kappa shape index (κ3) is 1.55. The van der Waals surface area contributed by atoms with E-state index in [2.05, 4.69) is 0 Å². The van der Waals surface area contributed by atoms with E-state index < -0.39 is 0 Å². The molecule has 1 aromatic carbocycles. The summed E-state index contributed by atoms with van der Waals surface area (Å²) in [6.45, 7) is 0.0489. The summed E-state index contributed by atoms with van der Waals surface area (Å²) in [6, 6.07) is 5.55. The molecule has 1 aromatic heterocycles. The topological polar surface area (TPSA) is 20.2 Å². The lowest BCUT2D eigenvalue weighted by atomic mass is 10.2. The molecule has 0 saturated heterocycles. The second kappa shape index (κ2) is 3.46. The van der Waals surface area contributed by atoms with Crippen LogP contribution in [0.15, 0.2) is 18.2 Å². The molecule has 0 aliphatic rings. The van der Waals surface area contributed by atoms with E-state index >= 15 is 0 Å². The Morgan fingerprint density at radius 2 is 2.08 bits per heavy atom. The van der Waals surface area contributed by atoms with Gasteiger partial charge in [0.25, 0.3) is 0 Å². The summed E-state index contributed by atoms with van der Waals surface area (Å²) in [4.78, 5) is 0.902. The Morgan fingerprint density at radius 3 is 2.77 bits per heavy atom. The maximum atomic E-state index is 8.93. The van der Waals surface area contributed by atoms with E-state index in [1.165, 1.54) is 11.3 Å². The van der Waals surface area contributed by atoms with Gasteiger partial charge in [-0.05, 0) is 18.2 Å². The van der Waals surface area contributed by atoms with Gasteiger partial charge in [-0.3, -0.25) is 0 Å². The van der Waals surface area contributed by atoms with Crippen LogP contribution < -0.4 is 0 Å². The number of fused-ring (bicyclic) bond motifs is 1. The van der Waals surface area contributed by atoms with Gasteiger partial charge in [-0.15, -0.1) is 11.3 Å². The summed E-state index contributed by atoms with van der Waals surface area (Å²) in [5.41, 5.74) is 0. The highest BCUT2D eigenvalue weighted by molar-refractivity contribution is 7.19. The molecule has 4 heteroatoms. The Balaban J connectivity index is 2.76. The number of aliphatic hydroxyl groups excluding tert-OH is 1. The Labute approximate surface area is 89.5 Å². The summed E-state index contributed by atoms with van der Waals surface area (Å²) in [5.74, 6) is 0. The van der Waals surface area contributed by atoms with Gasteiger partial charge in [-0.2, -0.15) is 0 Å². The quantitative estimate of drug-likeness (QED) is 0.796. The zero-order valence-corrected chi connectivity index (χ0v) is 8.88. The van der Waals surface area contributed by atoms with Crippen molar-refractivity contribution in [3.8, 4) is 0 Å². The van der Waals surface area contributed by atoms with Crippen LogP contribution in [0.1, 0.15) is 4.88 Å². The fraction of sp³-hybridized carbons (Fsp3) is 0.111. The standard InChI is InChI=1S/C9H6Cl2OS/c10-7-1-2-8-6(9(7)11)3-5(4-12)13-8/h1-3,12H,4H2. The van der Waals surface area contributed by atoms with Crippen molar-refractivity contribution < 1.29 is 5.11 Å². The Morgan fingerprint density at radius 1 is 1.31 bits per heavy atom. The van der Waals surface area contributed by atoms with Gasteiger partial charge < -0.3 is 5.11 Å². The summed E-state index contributed by atoms with van der Waals surface area (Å²) in [5, 5.41) is 11.0. The van der Waals surface area contributed by atoms with Crippen LogP contribution in [0, 0.1) is 0 Å². The SMILES string of the molecule is OCc1cc2c(Cl)c(Cl)ccc2s1. The van der Waals surface area contributed by atoms with Crippen molar-refractivity contribution in [1.29, 1.82) is 0 Å².